The van der Waals surface area contributed by atoms with Crippen molar-refractivity contribution in [2.45, 2.75) is 26.3 Å². The molecule has 0 radical (unpaired) electrons. The Bertz CT molecular complexity index is 347. The molecule has 0 atom stereocenters. The van der Waals surface area contributed by atoms with Crippen molar-refractivity contribution < 1.29 is 9.48 Å². The van der Waals surface area contributed by atoms with Crippen molar-refractivity contribution in [2.75, 3.05) is 7.11 Å². The summed E-state index contributed by atoms with van der Waals surface area (Å²) < 4.78 is 5.99. The summed E-state index contributed by atoms with van der Waals surface area (Å²) in [7, 11) is 1.62. The Kier molecular flexibility index (Phi) is 3.35. The molecular weight excluding hydrogens is 190 g/mol. The average molecular weight is 207 g/mol. The molecule has 0 heterocycles. The molecule has 0 spiro atoms. The van der Waals surface area contributed by atoms with Crippen LogP contribution < -0.4 is 4.74 Å². The highest BCUT2D eigenvalue weighted by molar-refractivity contribution is 5.75. The standard InChI is InChI=1S/C12H17NO2/c1-12(2,3)13(14)9-10-5-7-11(15-4)8-6-10/h5-9H,1-4H3/b13-9-. The van der Waals surface area contributed by atoms with Crippen LogP contribution in [-0.2, 0) is 0 Å². The summed E-state index contributed by atoms with van der Waals surface area (Å²) >= 11 is 0. The molecule has 0 amide bonds. The number of ether oxygens (including phenoxy) is 1. The van der Waals surface area contributed by atoms with Crippen LogP contribution in [-0.4, -0.2) is 23.6 Å². The number of hydrogen-bond donors (Lipinski definition) is 0. The Morgan fingerprint density at radius 3 is 2.13 bits per heavy atom. The van der Waals surface area contributed by atoms with E-state index < -0.39 is 5.54 Å². The van der Waals surface area contributed by atoms with Crippen molar-refractivity contribution in [3.05, 3.63) is 35.0 Å². The van der Waals surface area contributed by atoms with E-state index in [0.29, 0.717) is 0 Å². The van der Waals surface area contributed by atoms with Gasteiger partial charge in [0, 0.05) is 26.3 Å². The van der Waals surface area contributed by atoms with E-state index in [1.54, 1.807) is 13.3 Å². The monoisotopic (exact) mass is 207 g/mol. The molecule has 1 aromatic carbocycles. The maximum atomic E-state index is 11.6. The third-order valence-corrected chi connectivity index (χ3v) is 2.04. The van der Waals surface area contributed by atoms with Gasteiger partial charge in [0.25, 0.3) is 0 Å². The van der Waals surface area contributed by atoms with Gasteiger partial charge in [-0.15, -0.1) is 0 Å². The summed E-state index contributed by atoms with van der Waals surface area (Å²) in [6.45, 7) is 5.63. The lowest BCUT2D eigenvalue weighted by atomic mass is 10.1. The van der Waals surface area contributed by atoms with Crippen LogP contribution in [0.3, 0.4) is 0 Å². The van der Waals surface area contributed by atoms with Gasteiger partial charge in [-0.1, -0.05) is 0 Å². The first kappa shape index (κ1) is 11.6. The smallest absolute Gasteiger partial charge is 0.182 e. The van der Waals surface area contributed by atoms with Crippen LogP contribution in [0, 0.1) is 5.21 Å². The molecule has 0 bridgehead atoms. The summed E-state index contributed by atoms with van der Waals surface area (Å²) in [5.41, 5.74) is 0.473. The quantitative estimate of drug-likeness (QED) is 0.323. The van der Waals surface area contributed by atoms with Crippen LogP contribution in [0.4, 0.5) is 0 Å². The third kappa shape index (κ3) is 3.27. The summed E-state index contributed by atoms with van der Waals surface area (Å²) in [6, 6.07) is 7.38. The van der Waals surface area contributed by atoms with Gasteiger partial charge in [0.2, 0.25) is 0 Å². The molecule has 0 saturated heterocycles. The first-order valence-corrected chi connectivity index (χ1v) is 4.89. The van der Waals surface area contributed by atoms with Crippen molar-refractivity contribution in [1.82, 2.24) is 0 Å². The number of benzene rings is 1. The Morgan fingerprint density at radius 1 is 1.20 bits per heavy atom. The van der Waals surface area contributed by atoms with Crippen LogP contribution >= 0.6 is 0 Å². The number of hydroxylamine groups is 1. The van der Waals surface area contributed by atoms with Gasteiger partial charge >= 0.3 is 0 Å². The zero-order valence-corrected chi connectivity index (χ0v) is 9.65. The van der Waals surface area contributed by atoms with E-state index in [-0.39, 0.29) is 0 Å². The number of nitrogens with zero attached hydrogens (tertiary/aromatic N) is 1. The fourth-order valence-corrected chi connectivity index (χ4v) is 1.02. The van der Waals surface area contributed by atoms with Gasteiger partial charge < -0.3 is 9.94 Å². The van der Waals surface area contributed by atoms with E-state index in [2.05, 4.69) is 0 Å². The molecule has 0 fully saturated rings. The molecule has 0 unspecified atom stereocenters. The molecule has 0 N–H and O–H groups in total. The summed E-state index contributed by atoms with van der Waals surface area (Å²) in [5.74, 6) is 0.792. The van der Waals surface area contributed by atoms with Crippen molar-refractivity contribution in [3.63, 3.8) is 0 Å². The minimum atomic E-state index is -0.403. The molecule has 3 nitrogen and oxygen atoms in total. The molecule has 1 aromatic rings. The van der Waals surface area contributed by atoms with Crippen LogP contribution in [0.15, 0.2) is 24.3 Å². The zero-order valence-electron chi connectivity index (χ0n) is 9.65. The first-order chi connectivity index (χ1) is 6.93. The van der Waals surface area contributed by atoms with Gasteiger partial charge in [0.05, 0.1) is 7.11 Å². The van der Waals surface area contributed by atoms with E-state index in [4.69, 9.17) is 4.74 Å². The molecule has 0 aliphatic heterocycles. The van der Waals surface area contributed by atoms with Gasteiger partial charge in [-0.05, 0) is 24.3 Å². The maximum absolute atomic E-state index is 11.6. The molecule has 1 rings (SSSR count). The molecule has 0 saturated carbocycles. The summed E-state index contributed by atoms with van der Waals surface area (Å²) in [6.07, 6.45) is 1.58. The van der Waals surface area contributed by atoms with E-state index in [1.807, 2.05) is 45.0 Å². The van der Waals surface area contributed by atoms with E-state index in [1.165, 1.54) is 0 Å². The molecule has 0 aromatic heterocycles. The Labute approximate surface area is 90.6 Å². The van der Waals surface area contributed by atoms with Gasteiger partial charge in [-0.2, -0.15) is 0 Å². The first-order valence-electron chi connectivity index (χ1n) is 4.89. The second kappa shape index (κ2) is 4.34. The largest absolute Gasteiger partial charge is 0.623 e. The predicted octanol–water partition coefficient (Wildman–Crippen LogP) is 2.42. The highest BCUT2D eigenvalue weighted by Crippen LogP contribution is 2.11. The Morgan fingerprint density at radius 2 is 1.73 bits per heavy atom. The van der Waals surface area contributed by atoms with Crippen LogP contribution in [0.1, 0.15) is 26.3 Å². The van der Waals surface area contributed by atoms with Crippen molar-refractivity contribution in [3.8, 4) is 5.75 Å². The molecule has 0 aliphatic rings. The normalized spacial score (nSPS) is 12.7. The minimum absolute atomic E-state index is 0.403. The highest BCUT2D eigenvalue weighted by atomic mass is 16.5. The zero-order chi connectivity index (χ0) is 11.5. The van der Waals surface area contributed by atoms with Gasteiger partial charge in [0.15, 0.2) is 11.8 Å². The number of methoxy groups -OCH3 is 1. The molecule has 3 heteroatoms. The van der Waals surface area contributed by atoms with Crippen LogP contribution in [0.25, 0.3) is 0 Å². The van der Waals surface area contributed by atoms with Crippen LogP contribution in [0.2, 0.25) is 0 Å². The Balaban J connectivity index is 2.89. The molecule has 15 heavy (non-hydrogen) atoms. The fraction of sp³-hybridized carbons (Fsp3) is 0.417. The maximum Gasteiger partial charge on any atom is 0.182 e. The molecule has 82 valence electrons. The summed E-state index contributed by atoms with van der Waals surface area (Å²) in [4.78, 5) is 0. The van der Waals surface area contributed by atoms with Crippen molar-refractivity contribution in [2.24, 2.45) is 0 Å². The summed E-state index contributed by atoms with van der Waals surface area (Å²) in [5, 5.41) is 11.6. The van der Waals surface area contributed by atoms with Crippen LogP contribution in [0.5, 0.6) is 5.75 Å². The van der Waals surface area contributed by atoms with E-state index in [0.717, 1.165) is 16.1 Å². The van der Waals surface area contributed by atoms with Crippen molar-refractivity contribution in [1.29, 1.82) is 0 Å². The Hall–Kier alpha value is -1.51. The van der Waals surface area contributed by atoms with Crippen molar-refractivity contribution >= 4 is 6.21 Å². The SMILES string of the molecule is COc1ccc(/C=[N+](\[O-])C(C)(C)C)cc1. The lowest BCUT2D eigenvalue weighted by Crippen LogP contribution is -2.29. The van der Waals surface area contributed by atoms with E-state index in [9.17, 15) is 5.21 Å². The predicted molar refractivity (Wildman–Crippen MR) is 61.5 cm³/mol. The van der Waals surface area contributed by atoms with E-state index >= 15 is 0 Å². The topological polar surface area (TPSA) is 35.3 Å². The highest BCUT2D eigenvalue weighted by Gasteiger charge is 2.17. The number of rotatable bonds is 2. The average Bonchev–Trinajstić information content (AvgIpc) is 2.17. The fourth-order valence-electron chi connectivity index (χ4n) is 1.02. The molecular formula is C12H17NO2. The van der Waals surface area contributed by atoms with Gasteiger partial charge in [0.1, 0.15) is 5.75 Å². The van der Waals surface area contributed by atoms with Gasteiger partial charge in [-0.25, -0.2) is 4.74 Å². The third-order valence-electron chi connectivity index (χ3n) is 2.04. The second-order valence-corrected chi connectivity index (χ2v) is 4.40. The number of hydrogen-bond acceptors (Lipinski definition) is 2. The second-order valence-electron chi connectivity index (χ2n) is 4.40. The molecule has 0 aliphatic carbocycles. The van der Waals surface area contributed by atoms with Gasteiger partial charge in [-0.3, -0.25) is 0 Å². The lowest BCUT2D eigenvalue weighted by molar-refractivity contribution is -0.530. The minimum Gasteiger partial charge on any atom is -0.623 e. The lowest BCUT2D eigenvalue weighted by Gasteiger charge is -2.18.